The summed E-state index contributed by atoms with van der Waals surface area (Å²) in [6.45, 7) is 1.97. The Morgan fingerprint density at radius 2 is 2.09 bits per heavy atom. The summed E-state index contributed by atoms with van der Waals surface area (Å²) in [5.74, 6) is 0. The zero-order valence-corrected chi connectivity index (χ0v) is 12.3. The molecular formula is C15H14N3O5+. The number of fused-ring (bicyclic) bond motifs is 1. The van der Waals surface area contributed by atoms with Gasteiger partial charge in [0, 0.05) is 28.5 Å². The molecule has 0 bridgehead atoms. The van der Waals surface area contributed by atoms with Crippen LogP contribution in [0.4, 0.5) is 0 Å². The van der Waals surface area contributed by atoms with Gasteiger partial charge in [0.15, 0.2) is 0 Å². The van der Waals surface area contributed by atoms with Gasteiger partial charge in [-0.15, -0.1) is 0 Å². The van der Waals surface area contributed by atoms with Gasteiger partial charge in [-0.2, -0.15) is 4.98 Å². The molecule has 23 heavy (non-hydrogen) atoms. The summed E-state index contributed by atoms with van der Waals surface area (Å²) in [6.07, 6.45) is 3.40. The van der Waals surface area contributed by atoms with Crippen LogP contribution in [0.3, 0.4) is 0 Å². The molecule has 3 aromatic heterocycles. The Kier molecular flexibility index (Phi) is 3.80. The third kappa shape index (κ3) is 3.05. The molecule has 3 rings (SSSR count). The molecule has 3 heterocycles. The van der Waals surface area contributed by atoms with Crippen molar-refractivity contribution in [3.63, 3.8) is 0 Å². The van der Waals surface area contributed by atoms with E-state index in [4.69, 9.17) is 14.4 Å². The second kappa shape index (κ2) is 5.91. The summed E-state index contributed by atoms with van der Waals surface area (Å²) in [7, 11) is 0. The molecule has 0 aliphatic carbocycles. The molecule has 8 heteroatoms. The highest BCUT2D eigenvalue weighted by atomic mass is 16.5. The van der Waals surface area contributed by atoms with Gasteiger partial charge in [-0.05, 0) is 12.0 Å². The lowest BCUT2D eigenvalue weighted by molar-refractivity contribution is -0.904. The largest absolute Gasteiger partial charge is 0.460 e. The van der Waals surface area contributed by atoms with E-state index in [1.807, 2.05) is 6.92 Å². The van der Waals surface area contributed by atoms with Gasteiger partial charge in [-0.25, -0.2) is 4.79 Å². The SMILES string of the molecule is CCc1cc(=O)oc2nc(OCc3cc[n+](O)cc3)[nH]c(=O)c12. The minimum absolute atomic E-state index is 0.0420. The monoisotopic (exact) mass is 316 g/mol. The van der Waals surface area contributed by atoms with Crippen LogP contribution in [-0.4, -0.2) is 15.2 Å². The Hall–Kier alpha value is -3.16. The smallest absolute Gasteiger partial charge is 0.337 e. The molecule has 0 unspecified atom stereocenters. The number of hydrogen-bond donors (Lipinski definition) is 2. The van der Waals surface area contributed by atoms with Crippen LogP contribution < -0.4 is 20.7 Å². The predicted molar refractivity (Wildman–Crippen MR) is 78.4 cm³/mol. The van der Waals surface area contributed by atoms with Crippen LogP contribution in [0.2, 0.25) is 0 Å². The summed E-state index contributed by atoms with van der Waals surface area (Å²) in [5, 5.41) is 9.40. The van der Waals surface area contributed by atoms with Crippen molar-refractivity contribution >= 4 is 11.1 Å². The van der Waals surface area contributed by atoms with Crippen molar-refractivity contribution in [2.24, 2.45) is 0 Å². The first-order chi connectivity index (χ1) is 11.1. The average molecular weight is 316 g/mol. The van der Waals surface area contributed by atoms with Crippen LogP contribution in [0.25, 0.3) is 11.1 Å². The molecule has 2 N–H and O–H groups in total. The van der Waals surface area contributed by atoms with Crippen LogP contribution in [0.1, 0.15) is 18.1 Å². The summed E-state index contributed by atoms with van der Waals surface area (Å²) in [5.41, 5.74) is 0.309. The summed E-state index contributed by atoms with van der Waals surface area (Å²) in [6, 6.07) is 4.54. The number of nitrogens with zero attached hydrogens (tertiary/aromatic N) is 2. The van der Waals surface area contributed by atoms with Crippen molar-refractivity contribution < 1.29 is 19.1 Å². The Morgan fingerprint density at radius 1 is 1.35 bits per heavy atom. The number of hydrogen-bond acceptors (Lipinski definition) is 6. The van der Waals surface area contributed by atoms with Gasteiger partial charge in [0.05, 0.1) is 0 Å². The van der Waals surface area contributed by atoms with Crippen molar-refractivity contribution in [3.05, 3.63) is 62.5 Å². The van der Waals surface area contributed by atoms with E-state index >= 15 is 0 Å². The van der Waals surface area contributed by atoms with E-state index < -0.39 is 11.2 Å². The van der Waals surface area contributed by atoms with E-state index in [9.17, 15) is 9.59 Å². The first-order valence-corrected chi connectivity index (χ1v) is 6.96. The van der Waals surface area contributed by atoms with E-state index in [0.29, 0.717) is 12.0 Å². The molecule has 8 nitrogen and oxygen atoms in total. The van der Waals surface area contributed by atoms with E-state index in [2.05, 4.69) is 9.97 Å². The maximum Gasteiger partial charge on any atom is 0.337 e. The fourth-order valence-electron chi connectivity index (χ4n) is 2.17. The van der Waals surface area contributed by atoms with Gasteiger partial charge in [0.2, 0.25) is 18.1 Å². The van der Waals surface area contributed by atoms with Gasteiger partial charge in [0.1, 0.15) is 12.0 Å². The Labute approximate surface area is 129 Å². The first-order valence-electron chi connectivity index (χ1n) is 6.96. The highest BCUT2D eigenvalue weighted by molar-refractivity contribution is 5.75. The lowest BCUT2D eigenvalue weighted by Crippen LogP contribution is -2.28. The first kappa shape index (κ1) is 14.8. The van der Waals surface area contributed by atoms with Crippen LogP contribution in [0.15, 0.2) is 44.6 Å². The lowest BCUT2D eigenvalue weighted by atomic mass is 10.1. The molecule has 0 aromatic carbocycles. The molecule has 118 valence electrons. The zero-order valence-electron chi connectivity index (χ0n) is 12.3. The molecular weight excluding hydrogens is 302 g/mol. The Balaban J connectivity index is 1.95. The lowest BCUT2D eigenvalue weighted by Gasteiger charge is -2.06. The average Bonchev–Trinajstić information content (AvgIpc) is 2.53. The molecule has 0 spiro atoms. The van der Waals surface area contributed by atoms with Gasteiger partial charge in [0.25, 0.3) is 11.6 Å². The highest BCUT2D eigenvalue weighted by Gasteiger charge is 2.12. The second-order valence-corrected chi connectivity index (χ2v) is 4.87. The fourth-order valence-corrected chi connectivity index (χ4v) is 2.17. The van der Waals surface area contributed by atoms with Crippen LogP contribution in [0, 0.1) is 0 Å². The van der Waals surface area contributed by atoms with Crippen molar-refractivity contribution in [1.29, 1.82) is 0 Å². The summed E-state index contributed by atoms with van der Waals surface area (Å²) >= 11 is 0. The Bertz CT molecular complexity index is 959. The quantitative estimate of drug-likeness (QED) is 0.537. The third-order valence-corrected chi connectivity index (χ3v) is 3.31. The number of ether oxygens (including phenoxy) is 1. The van der Waals surface area contributed by atoms with Crippen molar-refractivity contribution in [2.75, 3.05) is 0 Å². The van der Waals surface area contributed by atoms with Gasteiger partial charge < -0.3 is 9.15 Å². The number of rotatable bonds is 4. The highest BCUT2D eigenvalue weighted by Crippen LogP contribution is 2.14. The van der Waals surface area contributed by atoms with Gasteiger partial charge in [-0.1, -0.05) is 6.92 Å². The third-order valence-electron chi connectivity index (χ3n) is 3.31. The summed E-state index contributed by atoms with van der Waals surface area (Å²) in [4.78, 5) is 30.2. The van der Waals surface area contributed by atoms with Crippen molar-refractivity contribution in [1.82, 2.24) is 9.97 Å². The van der Waals surface area contributed by atoms with Gasteiger partial charge in [-0.3, -0.25) is 15.0 Å². The van der Waals surface area contributed by atoms with E-state index in [-0.39, 0.29) is 23.7 Å². The van der Waals surface area contributed by atoms with Crippen molar-refractivity contribution in [2.45, 2.75) is 20.0 Å². The predicted octanol–water partition coefficient (Wildman–Crippen LogP) is 0.543. The molecule has 0 aliphatic heterocycles. The minimum atomic E-state index is -0.561. The maximum atomic E-state index is 12.2. The Morgan fingerprint density at radius 3 is 2.78 bits per heavy atom. The fraction of sp³-hybridized carbons (Fsp3) is 0.200. The standard InChI is InChI=1S/C15H13N3O5/c1-2-10-7-11(19)23-14-12(10)13(20)16-15(17-14)22-8-9-3-5-18(21)6-4-9/h3-7H,2,8H2,1H3,(H-,16,17,19,20,21)/p+1. The van der Waals surface area contributed by atoms with Gasteiger partial charge >= 0.3 is 5.63 Å². The van der Waals surface area contributed by atoms with Crippen molar-refractivity contribution in [3.8, 4) is 6.01 Å². The number of aromatic nitrogens is 3. The number of aromatic amines is 1. The molecule has 0 amide bonds. The molecule has 3 aromatic rings. The van der Waals surface area contributed by atoms with Crippen LogP contribution >= 0.6 is 0 Å². The number of nitrogens with one attached hydrogen (secondary N) is 1. The van der Waals surface area contributed by atoms with E-state index in [1.165, 1.54) is 18.5 Å². The molecule has 0 radical (unpaired) electrons. The minimum Gasteiger partial charge on any atom is -0.460 e. The summed E-state index contributed by atoms with van der Waals surface area (Å²) < 4.78 is 11.3. The molecule has 0 aliphatic rings. The van der Waals surface area contributed by atoms with E-state index in [0.717, 1.165) is 10.3 Å². The molecule has 0 atom stereocenters. The maximum absolute atomic E-state index is 12.2. The normalized spacial score (nSPS) is 10.8. The topological polar surface area (TPSA) is 109 Å². The van der Waals surface area contributed by atoms with Crippen LogP contribution in [-0.2, 0) is 13.0 Å². The molecule has 0 saturated heterocycles. The number of pyridine rings is 1. The number of aryl methyl sites for hydroxylation is 1. The zero-order chi connectivity index (χ0) is 16.4. The van der Waals surface area contributed by atoms with Crippen LogP contribution in [0.5, 0.6) is 6.01 Å². The molecule has 0 saturated carbocycles. The molecule has 0 fully saturated rings. The van der Waals surface area contributed by atoms with E-state index in [1.54, 1.807) is 12.1 Å². The number of H-pyrrole nitrogens is 1. The second-order valence-electron chi connectivity index (χ2n) is 4.87.